The quantitative estimate of drug-likeness (QED) is 0.0921. The van der Waals surface area contributed by atoms with E-state index in [1.807, 2.05) is 6.92 Å². The molecule has 3 heterocycles. The molecular weight excluding hydrogens is 765 g/mol. The Morgan fingerprint density at radius 2 is 1.63 bits per heavy atom. The summed E-state index contributed by atoms with van der Waals surface area (Å²) in [4.78, 5) is 28.4. The van der Waals surface area contributed by atoms with Gasteiger partial charge in [0.15, 0.2) is 12.6 Å². The van der Waals surface area contributed by atoms with Gasteiger partial charge >= 0.3 is 16.4 Å². The SMILES string of the molecule is CC(C)CCC[C@]1(C)OC(=O)[C@@]23CC=C4[C@@H](CC[C@H]5C(C)(C)[C@@H](O[C@@H]6OC[C@@H](OS(=O)(=O)O)[C@H](O)[C@H]6O[C@@H]6O[C@H](C)[C@@H](O)[C@H](O)[C@H]6O)CC[C@]45C)[C@]2(C)CC(=O)[C@H]13. The van der Waals surface area contributed by atoms with Crippen molar-refractivity contribution in [1.29, 1.82) is 0 Å². The molecule has 1 spiro atoms. The zero-order valence-electron chi connectivity index (χ0n) is 34.5. The van der Waals surface area contributed by atoms with Crippen LogP contribution in [0.3, 0.4) is 0 Å². The van der Waals surface area contributed by atoms with E-state index in [0.717, 1.165) is 25.7 Å². The Morgan fingerprint density at radius 3 is 2.30 bits per heavy atom. The fourth-order valence-electron chi connectivity index (χ4n) is 12.9. The van der Waals surface area contributed by atoms with Gasteiger partial charge in [0.2, 0.25) is 0 Å². The summed E-state index contributed by atoms with van der Waals surface area (Å²) in [6.45, 7) is 16.0. The number of hydrogen-bond donors (Lipinski definition) is 5. The molecule has 3 aliphatic heterocycles. The number of carbonyl (C=O) groups is 2. The Hall–Kier alpha value is -1.57. The standard InChI is InChI=1S/C41H64O15S/c1-20(2)10-9-15-40(8)33-24(42)18-39(7)23-11-12-26-37(4,5)27(14-16-38(26,6)22(23)13-17-41(33,39)36(47)55-40)53-35-32(29(44)25(19-51-35)56-57(48,49)50)54-34-31(46)30(45)28(43)21(3)52-34/h13,20-21,23,25-35,43-46H,9-12,14-19H2,1-8H3,(H,48,49,50)/t21-,23-,25-,26+,27+,28-,29+,30+,31-,32-,33-,34+,35+,38-,39+,40+,41+/m1/s1. The number of rotatable bonds is 10. The summed E-state index contributed by atoms with van der Waals surface area (Å²) in [6.07, 6.45) is -5.52. The van der Waals surface area contributed by atoms with Gasteiger partial charge in [-0.1, -0.05) is 59.6 Å². The average molecular weight is 829 g/mol. The highest BCUT2D eigenvalue weighted by Crippen LogP contribution is 2.75. The van der Waals surface area contributed by atoms with Crippen LogP contribution in [0.25, 0.3) is 0 Å². The van der Waals surface area contributed by atoms with Gasteiger partial charge in [0.1, 0.15) is 48.0 Å². The summed E-state index contributed by atoms with van der Waals surface area (Å²) in [5, 5.41) is 42.8. The van der Waals surface area contributed by atoms with Crippen LogP contribution in [-0.4, -0.2) is 119 Å². The van der Waals surface area contributed by atoms with Crippen LogP contribution in [0.1, 0.15) is 113 Å². The van der Waals surface area contributed by atoms with E-state index in [-0.39, 0.29) is 29.0 Å². The molecule has 16 heteroatoms. The monoisotopic (exact) mass is 828 g/mol. The number of allylic oxidation sites excluding steroid dienone is 2. The number of fused-ring (bicyclic) bond motifs is 4. The molecule has 7 aliphatic rings. The van der Waals surface area contributed by atoms with Crippen LogP contribution in [0.5, 0.6) is 0 Å². The fourth-order valence-corrected chi connectivity index (χ4v) is 13.4. The van der Waals surface area contributed by atoms with Gasteiger partial charge in [0.05, 0.1) is 30.1 Å². The van der Waals surface area contributed by atoms with Crippen molar-refractivity contribution in [3.05, 3.63) is 11.6 Å². The predicted molar refractivity (Wildman–Crippen MR) is 201 cm³/mol. The van der Waals surface area contributed by atoms with E-state index in [4.69, 9.17) is 27.9 Å². The van der Waals surface area contributed by atoms with Crippen LogP contribution in [0.15, 0.2) is 11.6 Å². The van der Waals surface area contributed by atoms with Gasteiger partial charge < -0.3 is 44.1 Å². The molecule has 3 saturated heterocycles. The number of hydrogen-bond acceptors (Lipinski definition) is 14. The number of Topliss-reactive ketones (excluding diaryl/α,β-unsaturated/α-hetero) is 1. The first-order valence-corrected chi connectivity index (χ1v) is 22.2. The third kappa shape index (κ3) is 6.88. The summed E-state index contributed by atoms with van der Waals surface area (Å²) < 4.78 is 67.9. The largest absolute Gasteiger partial charge is 0.458 e. The summed E-state index contributed by atoms with van der Waals surface area (Å²) in [5.41, 5.74) is -1.79. The van der Waals surface area contributed by atoms with Crippen LogP contribution in [0.4, 0.5) is 0 Å². The molecule has 0 radical (unpaired) electrons. The topological polar surface area (TPSA) is 225 Å². The first-order valence-electron chi connectivity index (χ1n) is 20.8. The number of esters is 1. The van der Waals surface area contributed by atoms with Crippen LogP contribution in [0, 0.1) is 45.3 Å². The normalized spacial score (nSPS) is 49.4. The van der Waals surface area contributed by atoms with E-state index in [9.17, 15) is 43.0 Å². The lowest BCUT2D eigenvalue weighted by Gasteiger charge is -2.63. The van der Waals surface area contributed by atoms with Crippen molar-refractivity contribution in [2.75, 3.05) is 6.61 Å². The van der Waals surface area contributed by atoms with Gasteiger partial charge in [0.25, 0.3) is 0 Å². The van der Waals surface area contributed by atoms with Crippen LogP contribution >= 0.6 is 0 Å². The minimum atomic E-state index is -5.02. The zero-order valence-corrected chi connectivity index (χ0v) is 35.3. The maximum atomic E-state index is 14.2. The molecule has 0 bridgehead atoms. The van der Waals surface area contributed by atoms with Gasteiger partial charge in [-0.2, -0.15) is 8.42 Å². The fraction of sp³-hybridized carbons (Fsp3) is 0.902. The van der Waals surface area contributed by atoms with Crippen molar-refractivity contribution in [1.82, 2.24) is 0 Å². The predicted octanol–water partition coefficient (Wildman–Crippen LogP) is 3.40. The van der Waals surface area contributed by atoms with Crippen molar-refractivity contribution in [3.63, 3.8) is 0 Å². The molecule has 324 valence electrons. The van der Waals surface area contributed by atoms with Crippen molar-refractivity contribution in [3.8, 4) is 0 Å². The lowest BCUT2D eigenvalue weighted by molar-refractivity contribution is -0.362. The molecule has 6 fully saturated rings. The molecule has 7 rings (SSSR count). The van der Waals surface area contributed by atoms with Crippen molar-refractivity contribution >= 4 is 22.2 Å². The average Bonchev–Trinajstić information content (AvgIpc) is 3.50. The molecule has 57 heavy (non-hydrogen) atoms. The smallest absolute Gasteiger partial charge is 0.397 e. The lowest BCUT2D eigenvalue weighted by Crippen LogP contribution is -2.63. The van der Waals surface area contributed by atoms with E-state index < -0.39 is 106 Å². The Balaban J connectivity index is 1.13. The van der Waals surface area contributed by atoms with Gasteiger partial charge in [-0.05, 0) is 92.8 Å². The second kappa shape index (κ2) is 14.8. The first-order chi connectivity index (χ1) is 26.4. The van der Waals surface area contributed by atoms with Crippen molar-refractivity contribution < 1.29 is 70.9 Å². The summed E-state index contributed by atoms with van der Waals surface area (Å²) >= 11 is 0. The van der Waals surface area contributed by atoms with E-state index in [2.05, 4.69) is 47.6 Å². The van der Waals surface area contributed by atoms with Crippen LogP contribution in [0.2, 0.25) is 0 Å². The van der Waals surface area contributed by atoms with E-state index in [1.54, 1.807) is 0 Å². The summed E-state index contributed by atoms with van der Waals surface area (Å²) in [5.74, 6) is 0.0673. The second-order valence-corrected chi connectivity index (χ2v) is 21.0. The van der Waals surface area contributed by atoms with Crippen molar-refractivity contribution in [2.45, 2.75) is 180 Å². The molecule has 0 aromatic heterocycles. The number of aliphatic hydroxyl groups excluding tert-OH is 4. The van der Waals surface area contributed by atoms with Crippen LogP contribution < -0.4 is 0 Å². The van der Waals surface area contributed by atoms with Gasteiger partial charge in [-0.3, -0.25) is 14.1 Å². The second-order valence-electron chi connectivity index (χ2n) is 19.9. The maximum Gasteiger partial charge on any atom is 0.397 e. The summed E-state index contributed by atoms with van der Waals surface area (Å²) in [7, 11) is -5.02. The third-order valence-corrected chi connectivity index (χ3v) is 16.3. The molecule has 0 aromatic carbocycles. The van der Waals surface area contributed by atoms with E-state index in [0.29, 0.717) is 38.0 Å². The number of aliphatic hydroxyl groups is 4. The van der Waals surface area contributed by atoms with Gasteiger partial charge in [-0.25, -0.2) is 4.18 Å². The third-order valence-electron chi connectivity index (χ3n) is 15.8. The number of ketones is 1. The van der Waals surface area contributed by atoms with E-state index >= 15 is 0 Å². The van der Waals surface area contributed by atoms with Crippen molar-refractivity contribution in [2.24, 2.45) is 45.3 Å². The highest BCUT2D eigenvalue weighted by molar-refractivity contribution is 7.80. The number of cyclic esters (lactones) is 1. The maximum absolute atomic E-state index is 14.2. The van der Waals surface area contributed by atoms with Gasteiger partial charge in [0, 0.05) is 6.42 Å². The Labute approximate surface area is 336 Å². The lowest BCUT2D eigenvalue weighted by atomic mass is 9.41. The molecule has 0 aromatic rings. The summed E-state index contributed by atoms with van der Waals surface area (Å²) in [6, 6.07) is 0. The van der Waals surface area contributed by atoms with E-state index in [1.165, 1.54) is 12.5 Å². The Kier molecular flexibility index (Phi) is 11.3. The number of ether oxygens (including phenoxy) is 5. The van der Waals surface area contributed by atoms with Gasteiger partial charge in [-0.15, -0.1) is 0 Å². The highest BCUT2D eigenvalue weighted by atomic mass is 32.3. The molecule has 0 amide bonds. The minimum absolute atomic E-state index is 0.0211. The van der Waals surface area contributed by atoms with Crippen LogP contribution in [-0.2, 0) is 47.9 Å². The zero-order chi connectivity index (χ0) is 41.8. The molecule has 3 saturated carbocycles. The Morgan fingerprint density at radius 1 is 0.930 bits per heavy atom. The molecular formula is C41H64O15S. The molecule has 0 unspecified atom stereocenters. The highest BCUT2D eigenvalue weighted by Gasteiger charge is 2.79. The minimum Gasteiger partial charge on any atom is -0.458 e. The molecule has 17 atom stereocenters. The Bertz CT molecular complexity index is 1720. The molecule has 5 N–H and O–H groups in total. The first kappa shape index (κ1) is 43.5. The number of carbonyl (C=O) groups excluding carboxylic acids is 2. The molecule has 4 aliphatic carbocycles. The molecule has 15 nitrogen and oxygen atoms in total.